The molecule has 0 spiro atoms. The molecule has 0 fully saturated rings. The molecular formula is C16H26N2. The maximum Gasteiger partial charge on any atom is 0.0104 e. The van der Waals surface area contributed by atoms with Gasteiger partial charge in [0.15, 0.2) is 0 Å². The molecule has 0 radical (unpaired) electrons. The van der Waals surface area contributed by atoms with Crippen molar-refractivity contribution >= 4 is 5.57 Å². The lowest BCUT2D eigenvalue weighted by atomic mass is 9.98. The van der Waals surface area contributed by atoms with Crippen molar-refractivity contribution in [3.63, 3.8) is 0 Å². The molecule has 0 aliphatic heterocycles. The van der Waals surface area contributed by atoms with Crippen LogP contribution >= 0.6 is 0 Å². The quantitative estimate of drug-likeness (QED) is 0.796. The fourth-order valence-electron chi connectivity index (χ4n) is 2.09. The van der Waals surface area contributed by atoms with Crippen molar-refractivity contribution in [1.29, 1.82) is 0 Å². The van der Waals surface area contributed by atoms with Gasteiger partial charge in [0.25, 0.3) is 0 Å². The van der Waals surface area contributed by atoms with Crippen LogP contribution in [0.15, 0.2) is 30.3 Å². The summed E-state index contributed by atoms with van der Waals surface area (Å²) in [4.78, 5) is 2.37. The minimum Gasteiger partial charge on any atom is -0.318 e. The first-order valence-electron chi connectivity index (χ1n) is 6.73. The predicted molar refractivity (Wildman–Crippen MR) is 80.9 cm³/mol. The number of allylic oxidation sites excluding steroid dienone is 1. The third kappa shape index (κ3) is 4.63. The van der Waals surface area contributed by atoms with Gasteiger partial charge in [-0.1, -0.05) is 30.3 Å². The number of benzene rings is 1. The zero-order valence-electron chi connectivity index (χ0n) is 12.2. The summed E-state index contributed by atoms with van der Waals surface area (Å²) < 4.78 is 0. The van der Waals surface area contributed by atoms with Crippen molar-refractivity contribution in [1.82, 2.24) is 10.2 Å². The molecule has 2 nitrogen and oxygen atoms in total. The molecular weight excluding hydrogens is 220 g/mol. The van der Waals surface area contributed by atoms with Crippen LogP contribution in [-0.2, 0) is 0 Å². The summed E-state index contributed by atoms with van der Waals surface area (Å²) in [7, 11) is 4.18. The van der Waals surface area contributed by atoms with E-state index in [1.165, 1.54) is 16.7 Å². The Bertz CT molecular complexity index is 382. The van der Waals surface area contributed by atoms with Crippen molar-refractivity contribution < 1.29 is 0 Å². The van der Waals surface area contributed by atoms with Crippen LogP contribution in [-0.4, -0.2) is 38.6 Å². The Morgan fingerprint density at radius 1 is 1.28 bits per heavy atom. The van der Waals surface area contributed by atoms with E-state index in [1.807, 2.05) is 7.05 Å². The molecule has 18 heavy (non-hydrogen) atoms. The maximum atomic E-state index is 3.18. The first-order chi connectivity index (χ1) is 8.69. The molecule has 0 aliphatic rings. The molecule has 0 amide bonds. The Labute approximate surface area is 112 Å². The Balaban J connectivity index is 2.56. The average Bonchev–Trinajstić information content (AvgIpc) is 2.39. The maximum absolute atomic E-state index is 3.18. The van der Waals surface area contributed by atoms with E-state index in [-0.39, 0.29) is 0 Å². The van der Waals surface area contributed by atoms with Gasteiger partial charge < -0.3 is 10.2 Å². The van der Waals surface area contributed by atoms with E-state index in [0.29, 0.717) is 0 Å². The fraction of sp³-hybridized carbons (Fsp3) is 0.500. The molecule has 1 aromatic carbocycles. The lowest BCUT2D eigenvalue weighted by Gasteiger charge is -2.18. The standard InChI is InChI=1S/C16H26N2/c1-5-15(10-12-18(4)13-11-17-3)16-9-7-6-8-14(16)2/h5-9,17H,10-13H2,1-4H3/b15-5-. The second-order valence-corrected chi connectivity index (χ2v) is 4.79. The third-order valence-electron chi connectivity index (χ3n) is 3.35. The van der Waals surface area contributed by atoms with Crippen molar-refractivity contribution in [2.75, 3.05) is 33.7 Å². The number of nitrogens with zero attached hydrogens (tertiary/aromatic N) is 1. The van der Waals surface area contributed by atoms with Crippen molar-refractivity contribution in [2.24, 2.45) is 0 Å². The van der Waals surface area contributed by atoms with Crippen LogP contribution in [0.1, 0.15) is 24.5 Å². The first-order valence-corrected chi connectivity index (χ1v) is 6.73. The van der Waals surface area contributed by atoms with E-state index in [0.717, 1.165) is 26.1 Å². The minimum absolute atomic E-state index is 1.05. The first kappa shape index (κ1) is 14.9. The van der Waals surface area contributed by atoms with E-state index in [9.17, 15) is 0 Å². The molecule has 1 aromatic rings. The molecule has 2 heteroatoms. The smallest absolute Gasteiger partial charge is 0.0104 e. The highest BCUT2D eigenvalue weighted by Crippen LogP contribution is 2.21. The topological polar surface area (TPSA) is 15.3 Å². The molecule has 0 bridgehead atoms. The summed E-state index contributed by atoms with van der Waals surface area (Å²) >= 11 is 0. The number of nitrogens with one attached hydrogen (secondary N) is 1. The van der Waals surface area contributed by atoms with Gasteiger partial charge in [-0.05, 0) is 51.1 Å². The summed E-state index contributed by atoms with van der Waals surface area (Å²) in [6.07, 6.45) is 3.36. The molecule has 1 rings (SSSR count). The van der Waals surface area contributed by atoms with Crippen LogP contribution in [0.2, 0.25) is 0 Å². The third-order valence-corrected chi connectivity index (χ3v) is 3.35. The van der Waals surface area contributed by atoms with E-state index < -0.39 is 0 Å². The molecule has 1 N–H and O–H groups in total. The van der Waals surface area contributed by atoms with Gasteiger partial charge in [-0.15, -0.1) is 0 Å². The van der Waals surface area contributed by atoms with Crippen molar-refractivity contribution in [3.05, 3.63) is 41.5 Å². The van der Waals surface area contributed by atoms with Gasteiger partial charge in [0.2, 0.25) is 0 Å². The van der Waals surface area contributed by atoms with E-state index in [2.05, 4.69) is 61.5 Å². The monoisotopic (exact) mass is 246 g/mol. The molecule has 0 unspecified atom stereocenters. The number of aryl methyl sites for hydroxylation is 1. The molecule has 0 saturated carbocycles. The molecule has 0 aliphatic carbocycles. The second kappa shape index (κ2) is 8.06. The Morgan fingerprint density at radius 3 is 2.61 bits per heavy atom. The van der Waals surface area contributed by atoms with Crippen molar-refractivity contribution in [2.45, 2.75) is 20.3 Å². The van der Waals surface area contributed by atoms with Gasteiger partial charge in [0.05, 0.1) is 0 Å². The van der Waals surface area contributed by atoms with Crippen LogP contribution < -0.4 is 5.32 Å². The van der Waals surface area contributed by atoms with Crippen molar-refractivity contribution in [3.8, 4) is 0 Å². The largest absolute Gasteiger partial charge is 0.318 e. The molecule has 0 aromatic heterocycles. The number of hydrogen-bond donors (Lipinski definition) is 1. The molecule has 0 atom stereocenters. The van der Waals surface area contributed by atoms with Crippen LogP contribution in [0.4, 0.5) is 0 Å². The van der Waals surface area contributed by atoms with E-state index in [1.54, 1.807) is 0 Å². The normalized spacial score (nSPS) is 12.2. The summed E-state index contributed by atoms with van der Waals surface area (Å²) in [5, 5.41) is 3.18. The molecule has 0 heterocycles. The number of likely N-dealkylation sites (N-methyl/N-ethyl adjacent to an activating group) is 2. The Morgan fingerprint density at radius 2 is 2.00 bits per heavy atom. The van der Waals surface area contributed by atoms with Crippen LogP contribution in [0.5, 0.6) is 0 Å². The summed E-state index contributed by atoms with van der Waals surface area (Å²) in [6.45, 7) is 7.57. The second-order valence-electron chi connectivity index (χ2n) is 4.79. The highest BCUT2D eigenvalue weighted by molar-refractivity contribution is 5.67. The summed E-state index contributed by atoms with van der Waals surface area (Å²) in [5.74, 6) is 0. The zero-order valence-corrected chi connectivity index (χ0v) is 12.2. The molecule has 100 valence electrons. The van der Waals surface area contributed by atoms with Crippen LogP contribution in [0.3, 0.4) is 0 Å². The number of rotatable bonds is 7. The van der Waals surface area contributed by atoms with Crippen LogP contribution in [0, 0.1) is 6.92 Å². The van der Waals surface area contributed by atoms with Gasteiger partial charge in [-0.25, -0.2) is 0 Å². The van der Waals surface area contributed by atoms with Gasteiger partial charge in [-0.2, -0.15) is 0 Å². The zero-order chi connectivity index (χ0) is 13.4. The van der Waals surface area contributed by atoms with Gasteiger partial charge >= 0.3 is 0 Å². The average molecular weight is 246 g/mol. The number of hydrogen-bond acceptors (Lipinski definition) is 2. The Kier molecular flexibility index (Phi) is 6.69. The highest BCUT2D eigenvalue weighted by atomic mass is 15.1. The summed E-state index contributed by atoms with van der Waals surface area (Å²) in [6, 6.07) is 8.63. The lowest BCUT2D eigenvalue weighted by Crippen LogP contribution is -2.28. The van der Waals surface area contributed by atoms with Gasteiger partial charge in [0.1, 0.15) is 0 Å². The highest BCUT2D eigenvalue weighted by Gasteiger charge is 2.05. The Hall–Kier alpha value is -1.12. The fourth-order valence-corrected chi connectivity index (χ4v) is 2.09. The van der Waals surface area contributed by atoms with E-state index >= 15 is 0 Å². The van der Waals surface area contributed by atoms with E-state index in [4.69, 9.17) is 0 Å². The minimum atomic E-state index is 1.05. The predicted octanol–water partition coefficient (Wildman–Crippen LogP) is 2.94. The summed E-state index contributed by atoms with van der Waals surface area (Å²) in [5.41, 5.74) is 4.20. The van der Waals surface area contributed by atoms with Gasteiger partial charge in [0, 0.05) is 19.6 Å². The van der Waals surface area contributed by atoms with Gasteiger partial charge in [-0.3, -0.25) is 0 Å². The van der Waals surface area contributed by atoms with Crippen LogP contribution in [0.25, 0.3) is 5.57 Å². The lowest BCUT2D eigenvalue weighted by molar-refractivity contribution is 0.343. The SMILES string of the molecule is C/C=C(/CCN(C)CCNC)c1ccccc1C. The molecule has 0 saturated heterocycles.